The predicted molar refractivity (Wildman–Crippen MR) is 74.1 cm³/mol. The summed E-state index contributed by atoms with van der Waals surface area (Å²) in [5.41, 5.74) is 0.617. The van der Waals surface area contributed by atoms with Crippen molar-refractivity contribution in [2.45, 2.75) is 31.7 Å². The van der Waals surface area contributed by atoms with Crippen molar-refractivity contribution in [1.29, 1.82) is 0 Å². The molecule has 0 aliphatic heterocycles. The Morgan fingerprint density at radius 2 is 2.06 bits per heavy atom. The molecule has 0 atom stereocenters. The first kappa shape index (κ1) is 13.7. The molecule has 3 N–H and O–H groups in total. The van der Waals surface area contributed by atoms with Crippen LogP contribution in [0.2, 0.25) is 10.0 Å². The highest BCUT2D eigenvalue weighted by Gasteiger charge is 2.19. The van der Waals surface area contributed by atoms with Crippen LogP contribution in [0.5, 0.6) is 0 Å². The smallest absolute Gasteiger partial charge is 0.279 e. The van der Waals surface area contributed by atoms with Gasteiger partial charge in [-0.1, -0.05) is 23.2 Å². The fraction of sp³-hybridized carbons (Fsp3) is 0.462. The van der Waals surface area contributed by atoms with Crippen LogP contribution in [0.15, 0.2) is 18.2 Å². The Hall–Kier alpha value is -0.770. The van der Waals surface area contributed by atoms with Gasteiger partial charge in [0.1, 0.15) is 0 Å². The molecule has 98 valence electrons. The third-order valence-corrected chi connectivity index (χ3v) is 3.79. The third kappa shape index (κ3) is 3.87. The van der Waals surface area contributed by atoms with Gasteiger partial charge in [0.15, 0.2) is 6.54 Å². The van der Waals surface area contributed by atoms with Gasteiger partial charge in [-0.25, -0.2) is 0 Å². The van der Waals surface area contributed by atoms with Gasteiger partial charge in [-0.05, 0) is 43.9 Å². The van der Waals surface area contributed by atoms with Crippen LogP contribution in [0.25, 0.3) is 0 Å². The topological polar surface area (TPSA) is 45.7 Å². The number of nitrogens with two attached hydrogens (primary N) is 1. The van der Waals surface area contributed by atoms with E-state index in [-0.39, 0.29) is 5.91 Å². The summed E-state index contributed by atoms with van der Waals surface area (Å²) < 4.78 is 0. The number of benzene rings is 1. The highest BCUT2D eigenvalue weighted by Crippen LogP contribution is 2.25. The van der Waals surface area contributed by atoms with E-state index >= 15 is 0 Å². The molecule has 0 heterocycles. The third-order valence-electron chi connectivity index (χ3n) is 3.24. The van der Waals surface area contributed by atoms with Gasteiger partial charge in [-0.3, -0.25) is 4.79 Å². The number of quaternary nitrogens is 1. The molecule has 0 aromatic heterocycles. The summed E-state index contributed by atoms with van der Waals surface area (Å²) in [7, 11) is 0. The average molecular weight is 288 g/mol. The first-order valence-electron chi connectivity index (χ1n) is 6.23. The molecule has 0 saturated heterocycles. The molecule has 3 nitrogen and oxygen atoms in total. The number of carbonyl (C=O) groups excluding carboxylic acids is 1. The molecule has 1 amide bonds. The van der Waals surface area contributed by atoms with Crippen LogP contribution in [0, 0.1) is 0 Å². The van der Waals surface area contributed by atoms with Crippen LogP contribution < -0.4 is 10.6 Å². The number of hydrogen-bond acceptors (Lipinski definition) is 1. The van der Waals surface area contributed by atoms with Gasteiger partial charge in [0.25, 0.3) is 5.91 Å². The van der Waals surface area contributed by atoms with E-state index in [1.807, 2.05) is 0 Å². The SMILES string of the molecule is O=C(C[NH2+]C1CCCC1)Nc1ccc(Cl)cc1Cl. The minimum absolute atomic E-state index is 0.0221. The van der Waals surface area contributed by atoms with E-state index in [9.17, 15) is 4.79 Å². The molecule has 1 aromatic carbocycles. The summed E-state index contributed by atoms with van der Waals surface area (Å²) in [4.78, 5) is 11.8. The number of anilines is 1. The molecule has 0 radical (unpaired) electrons. The Morgan fingerprint density at radius 3 is 2.72 bits per heavy atom. The van der Waals surface area contributed by atoms with Gasteiger partial charge < -0.3 is 10.6 Å². The summed E-state index contributed by atoms with van der Waals surface area (Å²) in [5.74, 6) is -0.0221. The Morgan fingerprint density at radius 1 is 1.33 bits per heavy atom. The minimum Gasteiger partial charge on any atom is -0.336 e. The van der Waals surface area contributed by atoms with Crippen LogP contribution in [0.4, 0.5) is 5.69 Å². The van der Waals surface area contributed by atoms with E-state index in [0.29, 0.717) is 28.3 Å². The quantitative estimate of drug-likeness (QED) is 0.878. The van der Waals surface area contributed by atoms with Crippen LogP contribution in [0.1, 0.15) is 25.7 Å². The van der Waals surface area contributed by atoms with E-state index in [1.54, 1.807) is 18.2 Å². The number of amides is 1. The molecule has 1 aliphatic carbocycles. The molecule has 0 spiro atoms. The zero-order chi connectivity index (χ0) is 13.0. The molecule has 0 unspecified atom stereocenters. The highest BCUT2D eigenvalue weighted by molar-refractivity contribution is 6.36. The summed E-state index contributed by atoms with van der Waals surface area (Å²) >= 11 is 11.8. The van der Waals surface area contributed by atoms with Crippen LogP contribution in [-0.2, 0) is 4.79 Å². The molecular formula is C13H17Cl2N2O+. The fourth-order valence-electron chi connectivity index (χ4n) is 2.26. The summed E-state index contributed by atoms with van der Waals surface area (Å²) in [6.45, 7) is 0.448. The molecule has 0 bridgehead atoms. The van der Waals surface area contributed by atoms with Crippen molar-refractivity contribution in [2.75, 3.05) is 11.9 Å². The van der Waals surface area contributed by atoms with Crippen molar-refractivity contribution >= 4 is 34.8 Å². The van der Waals surface area contributed by atoms with E-state index in [2.05, 4.69) is 10.6 Å². The summed E-state index contributed by atoms with van der Waals surface area (Å²) in [6, 6.07) is 5.66. The van der Waals surface area contributed by atoms with Crippen molar-refractivity contribution in [1.82, 2.24) is 0 Å². The molecule has 1 aliphatic rings. The Balaban J connectivity index is 1.82. The Kier molecular flexibility index (Phi) is 4.87. The van der Waals surface area contributed by atoms with Crippen molar-refractivity contribution in [3.63, 3.8) is 0 Å². The number of hydrogen-bond donors (Lipinski definition) is 2. The van der Waals surface area contributed by atoms with E-state index in [4.69, 9.17) is 23.2 Å². The molecule has 5 heteroatoms. The van der Waals surface area contributed by atoms with Crippen LogP contribution in [0.3, 0.4) is 0 Å². The molecular weight excluding hydrogens is 271 g/mol. The van der Waals surface area contributed by atoms with Gasteiger partial charge >= 0.3 is 0 Å². The van der Waals surface area contributed by atoms with Crippen molar-refractivity contribution in [3.05, 3.63) is 28.2 Å². The first-order chi connectivity index (χ1) is 8.65. The van der Waals surface area contributed by atoms with Gasteiger partial charge in [0.2, 0.25) is 0 Å². The molecule has 2 rings (SSSR count). The molecule has 1 saturated carbocycles. The normalized spacial score (nSPS) is 15.9. The van der Waals surface area contributed by atoms with E-state index in [1.165, 1.54) is 25.7 Å². The predicted octanol–water partition coefficient (Wildman–Crippen LogP) is 2.44. The maximum atomic E-state index is 11.8. The van der Waals surface area contributed by atoms with Crippen molar-refractivity contribution < 1.29 is 10.1 Å². The Bertz CT molecular complexity index is 431. The van der Waals surface area contributed by atoms with Crippen molar-refractivity contribution in [2.24, 2.45) is 0 Å². The molecule has 18 heavy (non-hydrogen) atoms. The second-order valence-corrected chi connectivity index (χ2v) is 5.50. The number of rotatable bonds is 4. The number of carbonyl (C=O) groups is 1. The second kappa shape index (κ2) is 6.41. The van der Waals surface area contributed by atoms with Gasteiger partial charge in [0, 0.05) is 5.02 Å². The average Bonchev–Trinajstić information content (AvgIpc) is 2.83. The minimum atomic E-state index is -0.0221. The maximum Gasteiger partial charge on any atom is 0.279 e. The first-order valence-corrected chi connectivity index (χ1v) is 6.99. The largest absolute Gasteiger partial charge is 0.336 e. The van der Waals surface area contributed by atoms with Crippen molar-refractivity contribution in [3.8, 4) is 0 Å². The van der Waals surface area contributed by atoms with E-state index in [0.717, 1.165) is 0 Å². The van der Waals surface area contributed by atoms with Gasteiger partial charge in [-0.15, -0.1) is 0 Å². The molecule has 1 aromatic rings. The van der Waals surface area contributed by atoms with Crippen LogP contribution in [-0.4, -0.2) is 18.5 Å². The highest BCUT2D eigenvalue weighted by atomic mass is 35.5. The van der Waals surface area contributed by atoms with Crippen LogP contribution >= 0.6 is 23.2 Å². The lowest BCUT2D eigenvalue weighted by Gasteiger charge is -2.10. The lowest BCUT2D eigenvalue weighted by atomic mass is 10.2. The summed E-state index contributed by atoms with van der Waals surface area (Å²) in [5, 5.41) is 5.95. The molecule has 1 fully saturated rings. The monoisotopic (exact) mass is 287 g/mol. The Labute approximate surface area is 117 Å². The number of halogens is 2. The standard InChI is InChI=1S/C13H16Cl2N2O/c14-9-5-6-12(11(15)7-9)17-13(18)8-16-10-3-1-2-4-10/h5-7,10,16H,1-4,8H2,(H,17,18)/p+1. The van der Waals surface area contributed by atoms with E-state index < -0.39 is 0 Å². The summed E-state index contributed by atoms with van der Waals surface area (Å²) in [6.07, 6.45) is 5.00. The zero-order valence-corrected chi connectivity index (χ0v) is 11.6. The van der Waals surface area contributed by atoms with Gasteiger partial charge in [0.05, 0.1) is 16.8 Å². The lowest BCUT2D eigenvalue weighted by Crippen LogP contribution is -2.91. The number of nitrogens with one attached hydrogen (secondary N) is 1. The zero-order valence-electron chi connectivity index (χ0n) is 10.1. The second-order valence-electron chi connectivity index (χ2n) is 4.66. The fourth-order valence-corrected chi connectivity index (χ4v) is 2.71. The van der Waals surface area contributed by atoms with Gasteiger partial charge in [-0.2, -0.15) is 0 Å². The lowest BCUT2D eigenvalue weighted by molar-refractivity contribution is -0.677. The maximum absolute atomic E-state index is 11.8.